The molecule has 0 N–H and O–H groups in total. The van der Waals surface area contributed by atoms with E-state index in [1.807, 2.05) is 0 Å². The highest BCUT2D eigenvalue weighted by molar-refractivity contribution is 4.39. The molecular weight excluding hydrogens is 96.0 g/mol. The van der Waals surface area contributed by atoms with Gasteiger partial charge in [-0.05, 0) is 0 Å². The zero-order chi connectivity index (χ0) is 5.11. The summed E-state index contributed by atoms with van der Waals surface area (Å²) in [5.74, 6) is 0. The molecule has 42 valence electrons. The normalized spacial score (nSPS) is 25.3. The van der Waals surface area contributed by atoms with Crippen molar-refractivity contribution in [1.82, 2.24) is 0 Å². The van der Waals surface area contributed by atoms with Gasteiger partial charge in [-0.1, -0.05) is 0 Å². The molecule has 0 aliphatic carbocycles. The molecule has 1 aliphatic heterocycles. The van der Waals surface area contributed by atoms with Crippen LogP contribution in [0.25, 0.3) is 0 Å². The van der Waals surface area contributed by atoms with Crippen LogP contribution in [-0.2, 0) is 9.25 Å². The number of ether oxygens (including phenoxy) is 1. The van der Waals surface area contributed by atoms with Crippen LogP contribution in [-0.4, -0.2) is 26.4 Å². The van der Waals surface area contributed by atoms with Crippen LogP contribution in [0.3, 0.4) is 0 Å². The van der Waals surface area contributed by atoms with Crippen LogP contribution >= 0.6 is 0 Å². The van der Waals surface area contributed by atoms with Gasteiger partial charge in [0.05, 0.1) is 0 Å². The van der Waals surface area contributed by atoms with Crippen molar-refractivity contribution in [2.45, 2.75) is 0 Å². The molecule has 0 unspecified atom stereocenters. The lowest BCUT2D eigenvalue weighted by Crippen LogP contribution is -2.36. The van der Waals surface area contributed by atoms with E-state index in [4.69, 9.17) is 4.74 Å². The molecule has 0 bridgehead atoms. The van der Waals surface area contributed by atoms with Gasteiger partial charge < -0.3 is 14.5 Å². The Morgan fingerprint density at radius 2 is 1.86 bits per heavy atom. The average Bonchev–Trinajstić information content (AvgIpc) is 1.69. The quantitative estimate of drug-likeness (QED) is 0.287. The maximum atomic E-state index is 10.2. The Kier molecular flexibility index (Phi) is 1.62. The number of hydrogen-bond acceptors (Lipinski definition) is 2. The van der Waals surface area contributed by atoms with Gasteiger partial charge in [0.2, 0.25) is 0 Å². The van der Waals surface area contributed by atoms with Gasteiger partial charge in [0, 0.05) is 0 Å². The van der Waals surface area contributed by atoms with Crippen molar-refractivity contribution in [2.24, 2.45) is 0 Å². The van der Waals surface area contributed by atoms with Gasteiger partial charge in [0.15, 0.2) is 13.2 Å². The highest BCUT2D eigenvalue weighted by Crippen LogP contribution is 1.91. The van der Waals surface area contributed by atoms with Crippen molar-refractivity contribution < 1.29 is 14.5 Å². The summed E-state index contributed by atoms with van der Waals surface area (Å²) in [5, 5.41) is 10.2. The average molecular weight is 104 g/mol. The molecule has 0 spiro atoms. The van der Waals surface area contributed by atoms with Crippen LogP contribution in [0, 0.1) is 0 Å². The standard InChI is InChI=1S/C4H8O3/c5-7-3-1-6-2-4-7/h1-4H2. The number of rotatable bonds is 0. The maximum absolute atomic E-state index is 10.2. The number of hydrogen-bond donors (Lipinski definition) is 0. The van der Waals surface area contributed by atoms with Crippen LogP contribution in [0.4, 0.5) is 0 Å². The molecule has 0 atom stereocenters. The minimum atomic E-state index is 0.458. The first-order chi connectivity index (χ1) is 3.39. The SMILES string of the molecule is [O-][O+]1CCOCC1. The highest BCUT2D eigenvalue weighted by atomic mass is 17.2. The first-order valence-electron chi connectivity index (χ1n) is 2.32. The predicted octanol–water partition coefficient (Wildman–Crippen LogP) is -1.16. The van der Waals surface area contributed by atoms with Gasteiger partial charge in [-0.15, -0.1) is 0 Å². The summed E-state index contributed by atoms with van der Waals surface area (Å²) in [5.41, 5.74) is 0. The fourth-order valence-corrected chi connectivity index (χ4v) is 0.508. The fraction of sp³-hybridized carbons (Fsp3) is 1.00. The van der Waals surface area contributed by atoms with E-state index in [0.29, 0.717) is 26.4 Å². The summed E-state index contributed by atoms with van der Waals surface area (Å²) in [4.78, 5) is 0. The molecule has 3 nitrogen and oxygen atoms in total. The van der Waals surface area contributed by atoms with Crippen molar-refractivity contribution in [1.29, 1.82) is 0 Å². The van der Waals surface area contributed by atoms with Crippen molar-refractivity contribution in [3.8, 4) is 0 Å². The van der Waals surface area contributed by atoms with Gasteiger partial charge in [-0.2, -0.15) is 0 Å². The van der Waals surface area contributed by atoms with E-state index >= 15 is 0 Å². The summed E-state index contributed by atoms with van der Waals surface area (Å²) < 4.78 is 6.57. The topological polar surface area (TPSA) is 35.0 Å². The Morgan fingerprint density at radius 3 is 2.14 bits per heavy atom. The molecular formula is C4H8O3. The molecule has 1 fully saturated rings. The lowest BCUT2D eigenvalue weighted by Gasteiger charge is -2.24. The largest absolute Gasteiger partial charge is 0.534 e. The molecule has 1 rings (SSSR count). The van der Waals surface area contributed by atoms with E-state index in [9.17, 15) is 5.26 Å². The Bertz CT molecular complexity index is 48.9. The zero-order valence-electron chi connectivity index (χ0n) is 4.05. The fourth-order valence-electron chi connectivity index (χ4n) is 0.508. The molecule has 0 saturated carbocycles. The third kappa shape index (κ3) is 1.43. The van der Waals surface area contributed by atoms with Crippen LogP contribution < -0.4 is 5.26 Å². The third-order valence-electron chi connectivity index (χ3n) is 0.911. The van der Waals surface area contributed by atoms with Gasteiger partial charge in [0.25, 0.3) is 0 Å². The minimum Gasteiger partial charge on any atom is -0.534 e. The van der Waals surface area contributed by atoms with Crippen LogP contribution in [0.5, 0.6) is 0 Å². The van der Waals surface area contributed by atoms with Gasteiger partial charge in [0.1, 0.15) is 13.2 Å². The van der Waals surface area contributed by atoms with Gasteiger partial charge in [-0.3, -0.25) is 0 Å². The highest BCUT2D eigenvalue weighted by Gasteiger charge is 2.05. The Labute approximate surface area is 42.1 Å². The molecule has 1 heterocycles. The predicted molar refractivity (Wildman–Crippen MR) is 21.6 cm³/mol. The Balaban J connectivity index is 2.12. The lowest BCUT2D eigenvalue weighted by molar-refractivity contribution is -0.799. The van der Waals surface area contributed by atoms with E-state index in [1.54, 1.807) is 4.52 Å². The second-order valence-corrected chi connectivity index (χ2v) is 1.46. The van der Waals surface area contributed by atoms with Crippen molar-refractivity contribution >= 4 is 0 Å². The first kappa shape index (κ1) is 5.03. The van der Waals surface area contributed by atoms with Crippen LogP contribution in [0.2, 0.25) is 0 Å². The van der Waals surface area contributed by atoms with E-state index in [-0.39, 0.29) is 0 Å². The molecule has 1 aliphatic rings. The summed E-state index contributed by atoms with van der Waals surface area (Å²) in [7, 11) is 0. The molecule has 3 heteroatoms. The van der Waals surface area contributed by atoms with Gasteiger partial charge in [-0.25, -0.2) is 0 Å². The lowest BCUT2D eigenvalue weighted by atomic mass is 10.6. The smallest absolute Gasteiger partial charge is 0.175 e. The van der Waals surface area contributed by atoms with Crippen LogP contribution in [0.1, 0.15) is 0 Å². The van der Waals surface area contributed by atoms with E-state index in [2.05, 4.69) is 0 Å². The minimum absolute atomic E-state index is 0.458. The summed E-state index contributed by atoms with van der Waals surface area (Å²) in [6, 6.07) is 0. The zero-order valence-corrected chi connectivity index (χ0v) is 4.05. The van der Waals surface area contributed by atoms with Crippen LogP contribution in [0.15, 0.2) is 0 Å². The van der Waals surface area contributed by atoms with E-state index < -0.39 is 0 Å². The first-order valence-corrected chi connectivity index (χ1v) is 2.32. The molecule has 0 aromatic rings. The molecule has 0 aromatic carbocycles. The summed E-state index contributed by atoms with van der Waals surface area (Å²) in [6.45, 7) is 2.04. The second-order valence-electron chi connectivity index (χ2n) is 1.46. The van der Waals surface area contributed by atoms with Crippen molar-refractivity contribution in [3.63, 3.8) is 0 Å². The molecule has 0 radical (unpaired) electrons. The third-order valence-corrected chi connectivity index (χ3v) is 0.911. The second kappa shape index (κ2) is 2.26. The van der Waals surface area contributed by atoms with Gasteiger partial charge >= 0.3 is 0 Å². The monoisotopic (exact) mass is 104 g/mol. The van der Waals surface area contributed by atoms with Crippen molar-refractivity contribution in [3.05, 3.63) is 0 Å². The Morgan fingerprint density at radius 1 is 1.29 bits per heavy atom. The molecule has 1 saturated heterocycles. The van der Waals surface area contributed by atoms with E-state index in [0.717, 1.165) is 0 Å². The molecule has 0 amide bonds. The molecule has 0 aromatic heterocycles. The Hall–Kier alpha value is -0.120. The summed E-state index contributed by atoms with van der Waals surface area (Å²) >= 11 is 0. The summed E-state index contributed by atoms with van der Waals surface area (Å²) in [6.07, 6.45) is 0. The van der Waals surface area contributed by atoms with E-state index in [1.165, 1.54) is 0 Å². The maximum Gasteiger partial charge on any atom is 0.175 e. The van der Waals surface area contributed by atoms with Crippen molar-refractivity contribution in [2.75, 3.05) is 26.4 Å². The molecule has 7 heavy (non-hydrogen) atoms.